The molecule has 0 radical (unpaired) electrons. The molecule has 0 amide bonds. The van der Waals surface area contributed by atoms with E-state index in [1.165, 1.54) is 60.1 Å². The summed E-state index contributed by atoms with van der Waals surface area (Å²) in [5.74, 6) is 0.724. The Labute approximate surface area is 292 Å². The minimum absolute atomic E-state index is 0.724. The fourth-order valence-electron chi connectivity index (χ4n) is 7.66. The quantitative estimate of drug-likeness (QED) is 0.134. The lowest BCUT2D eigenvalue weighted by Crippen LogP contribution is -2.02. The van der Waals surface area contributed by atoms with Crippen molar-refractivity contribution < 1.29 is 0 Å². The Kier molecular flexibility index (Phi) is 7.29. The molecule has 1 aliphatic carbocycles. The van der Waals surface area contributed by atoms with E-state index in [2.05, 4.69) is 158 Å². The van der Waals surface area contributed by atoms with E-state index < -0.39 is 0 Å². The second-order valence-electron chi connectivity index (χ2n) is 12.9. The van der Waals surface area contributed by atoms with Crippen molar-refractivity contribution in [1.82, 2.24) is 9.97 Å². The van der Waals surface area contributed by atoms with E-state index in [4.69, 9.17) is 9.97 Å². The Morgan fingerprint density at radius 3 is 1.78 bits per heavy atom. The van der Waals surface area contributed by atoms with Crippen molar-refractivity contribution >= 4 is 37.9 Å². The summed E-state index contributed by atoms with van der Waals surface area (Å²) in [5, 5.41) is 7.71. The van der Waals surface area contributed by atoms with Crippen LogP contribution in [0.4, 0.5) is 0 Å². The van der Waals surface area contributed by atoms with Gasteiger partial charge in [-0.05, 0) is 85.3 Å². The third kappa shape index (κ3) is 4.96. The van der Waals surface area contributed by atoms with E-state index in [1.54, 1.807) is 0 Å². The van der Waals surface area contributed by atoms with Gasteiger partial charge < -0.3 is 0 Å². The average Bonchev–Trinajstić information content (AvgIpc) is 3.56. The van der Waals surface area contributed by atoms with Crippen molar-refractivity contribution in [3.8, 4) is 44.9 Å². The van der Waals surface area contributed by atoms with Crippen molar-refractivity contribution in [1.29, 1.82) is 0 Å². The Balaban J connectivity index is 1.15. The first-order valence-electron chi connectivity index (χ1n) is 17.2. The van der Waals surface area contributed by atoms with Gasteiger partial charge in [0.1, 0.15) is 0 Å². The largest absolute Gasteiger partial charge is 0.228 e. The minimum atomic E-state index is 0.724. The highest BCUT2D eigenvalue weighted by Crippen LogP contribution is 2.41. The molecule has 1 heterocycles. The maximum atomic E-state index is 5.23. The van der Waals surface area contributed by atoms with Crippen LogP contribution in [0.1, 0.15) is 23.7 Å². The molecule has 0 aliphatic heterocycles. The first kappa shape index (κ1) is 29.7. The molecular weight excluding hydrogens is 605 g/mol. The normalized spacial score (nSPS) is 12.5. The highest BCUT2D eigenvalue weighted by atomic mass is 14.9. The zero-order valence-electron chi connectivity index (χ0n) is 27.9. The van der Waals surface area contributed by atoms with E-state index in [0.29, 0.717) is 0 Å². The molecule has 0 atom stereocenters. The SMILES string of the molecule is C=C/C=C(\C=C/C)c1nc(-c2cccc(-c3cccc(-c4ccc5c6ccccc6c6ccccc6c5c4)c3)c2)nc2c1Cc1ccccc1-2. The van der Waals surface area contributed by atoms with E-state index in [1.807, 2.05) is 19.1 Å². The van der Waals surface area contributed by atoms with Crippen LogP contribution >= 0.6 is 0 Å². The number of fused-ring (bicyclic) bond motifs is 9. The summed E-state index contributed by atoms with van der Waals surface area (Å²) >= 11 is 0. The van der Waals surface area contributed by atoms with E-state index in [0.717, 1.165) is 45.9 Å². The van der Waals surface area contributed by atoms with Gasteiger partial charge >= 0.3 is 0 Å². The van der Waals surface area contributed by atoms with Crippen molar-refractivity contribution in [2.75, 3.05) is 0 Å². The molecule has 0 spiro atoms. The molecule has 236 valence electrons. The van der Waals surface area contributed by atoms with E-state index in [9.17, 15) is 0 Å². The zero-order chi connectivity index (χ0) is 33.6. The molecule has 2 nitrogen and oxygen atoms in total. The van der Waals surface area contributed by atoms with E-state index >= 15 is 0 Å². The Bertz CT molecular complexity index is 2670. The van der Waals surface area contributed by atoms with Crippen LogP contribution in [0.25, 0.3) is 82.8 Å². The van der Waals surface area contributed by atoms with Crippen LogP contribution in [-0.4, -0.2) is 9.97 Å². The standard InChI is InChI=1S/C48H34N2/c1-3-13-31(14-4-2)46-45-30-36-15-5-6-20-38(36)47(45)50-48(49-46)37-19-12-18-34(28-37)32-16-11-17-33(27-32)35-25-26-43-41-23-8-7-21-39(41)40-22-9-10-24-42(40)44(43)29-35/h3-29H,1,30H2,2H3/b14-4-,31-13+. The van der Waals surface area contributed by atoms with Gasteiger partial charge in [-0.1, -0.05) is 152 Å². The molecule has 1 aromatic heterocycles. The van der Waals surface area contributed by atoms with Crippen molar-refractivity contribution in [2.45, 2.75) is 13.3 Å². The fourth-order valence-corrected chi connectivity index (χ4v) is 7.66. The fraction of sp³-hybridized carbons (Fsp3) is 0.0417. The van der Waals surface area contributed by atoms with Gasteiger partial charge in [0, 0.05) is 28.7 Å². The van der Waals surface area contributed by atoms with Crippen LogP contribution in [0, 0.1) is 0 Å². The summed E-state index contributed by atoms with van der Waals surface area (Å²) < 4.78 is 0. The molecule has 8 aromatic rings. The van der Waals surface area contributed by atoms with Crippen molar-refractivity contribution in [2.24, 2.45) is 0 Å². The number of hydrogen-bond acceptors (Lipinski definition) is 2. The second kappa shape index (κ2) is 12.3. The lowest BCUT2D eigenvalue weighted by atomic mass is 9.91. The summed E-state index contributed by atoms with van der Waals surface area (Å²) in [7, 11) is 0. The number of hydrogen-bond donors (Lipinski definition) is 0. The molecule has 0 unspecified atom stereocenters. The first-order chi connectivity index (χ1) is 24.7. The lowest BCUT2D eigenvalue weighted by Gasteiger charge is -2.13. The average molecular weight is 639 g/mol. The van der Waals surface area contributed by atoms with Crippen LogP contribution in [0.5, 0.6) is 0 Å². The summed E-state index contributed by atoms with van der Waals surface area (Å²) in [6.07, 6.45) is 8.85. The highest BCUT2D eigenvalue weighted by molar-refractivity contribution is 6.25. The van der Waals surface area contributed by atoms with Gasteiger partial charge in [-0.25, -0.2) is 9.97 Å². The third-order valence-electron chi connectivity index (χ3n) is 9.96. The summed E-state index contributed by atoms with van der Waals surface area (Å²) in [5.41, 5.74) is 12.3. The first-order valence-corrected chi connectivity index (χ1v) is 17.2. The lowest BCUT2D eigenvalue weighted by molar-refractivity contribution is 1.10. The summed E-state index contributed by atoms with van der Waals surface area (Å²) in [6.45, 7) is 6.02. The van der Waals surface area contributed by atoms with Crippen LogP contribution in [0.15, 0.2) is 170 Å². The number of allylic oxidation sites excluding steroid dienone is 5. The van der Waals surface area contributed by atoms with Gasteiger partial charge in [0.05, 0.1) is 11.4 Å². The molecule has 1 aliphatic rings. The van der Waals surface area contributed by atoms with Crippen LogP contribution < -0.4 is 0 Å². The van der Waals surface area contributed by atoms with Gasteiger partial charge in [0.15, 0.2) is 5.82 Å². The molecule has 50 heavy (non-hydrogen) atoms. The smallest absolute Gasteiger partial charge is 0.160 e. The van der Waals surface area contributed by atoms with Gasteiger partial charge in [-0.15, -0.1) is 0 Å². The predicted molar refractivity (Wildman–Crippen MR) is 212 cm³/mol. The van der Waals surface area contributed by atoms with Crippen molar-refractivity contribution in [3.05, 3.63) is 187 Å². The number of aromatic nitrogens is 2. The van der Waals surface area contributed by atoms with Gasteiger partial charge in [0.25, 0.3) is 0 Å². The summed E-state index contributed by atoms with van der Waals surface area (Å²) in [4.78, 5) is 10.4. The number of nitrogens with zero attached hydrogens (tertiary/aromatic N) is 2. The van der Waals surface area contributed by atoms with E-state index in [-0.39, 0.29) is 0 Å². The molecule has 7 aromatic carbocycles. The van der Waals surface area contributed by atoms with Crippen LogP contribution in [-0.2, 0) is 6.42 Å². The van der Waals surface area contributed by atoms with Gasteiger partial charge in [-0.2, -0.15) is 0 Å². The minimum Gasteiger partial charge on any atom is -0.228 e. The zero-order valence-corrected chi connectivity index (χ0v) is 27.9. The Morgan fingerprint density at radius 1 is 0.560 bits per heavy atom. The molecule has 2 heteroatoms. The molecular formula is C48H34N2. The molecule has 0 bridgehead atoms. The molecule has 9 rings (SSSR count). The van der Waals surface area contributed by atoms with Crippen molar-refractivity contribution in [3.63, 3.8) is 0 Å². The summed E-state index contributed by atoms with van der Waals surface area (Å²) in [6, 6.07) is 50.4. The maximum Gasteiger partial charge on any atom is 0.160 e. The Hall–Kier alpha value is -6.38. The second-order valence-corrected chi connectivity index (χ2v) is 12.9. The third-order valence-corrected chi connectivity index (χ3v) is 9.96. The monoisotopic (exact) mass is 638 g/mol. The van der Waals surface area contributed by atoms with Gasteiger partial charge in [0.2, 0.25) is 0 Å². The maximum absolute atomic E-state index is 5.23. The topological polar surface area (TPSA) is 25.8 Å². The highest BCUT2D eigenvalue weighted by Gasteiger charge is 2.26. The van der Waals surface area contributed by atoms with Gasteiger partial charge in [-0.3, -0.25) is 0 Å². The molecule has 0 N–H and O–H groups in total. The number of rotatable bonds is 6. The molecule has 0 saturated carbocycles. The Morgan fingerprint density at radius 2 is 1.12 bits per heavy atom. The van der Waals surface area contributed by atoms with Crippen LogP contribution in [0.2, 0.25) is 0 Å². The number of benzene rings is 7. The molecule has 0 saturated heterocycles. The predicted octanol–water partition coefficient (Wildman–Crippen LogP) is 12.7. The van der Waals surface area contributed by atoms with Crippen LogP contribution in [0.3, 0.4) is 0 Å². The molecule has 0 fully saturated rings.